The number of hydrogen-bond donors (Lipinski definition) is 0. The first kappa shape index (κ1) is 13.0. The summed E-state index contributed by atoms with van der Waals surface area (Å²) in [5, 5.41) is 10.8. The van der Waals surface area contributed by atoms with Crippen molar-refractivity contribution in [3.63, 3.8) is 0 Å². The van der Waals surface area contributed by atoms with Gasteiger partial charge >= 0.3 is 0 Å². The van der Waals surface area contributed by atoms with Gasteiger partial charge in [0.15, 0.2) is 0 Å². The molecule has 1 aromatic rings. The van der Waals surface area contributed by atoms with Crippen LogP contribution in [-0.4, -0.2) is 28.5 Å². The number of hydrogen-bond acceptors (Lipinski definition) is 4. The topological polar surface area (TPSA) is 63.4 Å². The van der Waals surface area contributed by atoms with E-state index in [1.807, 2.05) is 7.05 Å². The van der Waals surface area contributed by atoms with Crippen molar-refractivity contribution < 1.29 is 9.13 Å². The van der Waals surface area contributed by atoms with Gasteiger partial charge in [0.1, 0.15) is 0 Å². The van der Waals surface area contributed by atoms with Crippen LogP contribution < -0.4 is 4.90 Å². The number of rotatable bonds is 5. The molecular formula is C12H16N2O3S. The number of nitro benzene ring substituents is 1. The Balaban J connectivity index is 2.37. The number of benzene rings is 1. The normalized spacial score (nSPS) is 16.3. The second kappa shape index (κ2) is 5.06. The van der Waals surface area contributed by atoms with Crippen molar-refractivity contribution >= 4 is 22.2 Å². The van der Waals surface area contributed by atoms with Crippen LogP contribution in [0.3, 0.4) is 0 Å². The van der Waals surface area contributed by atoms with Crippen LogP contribution in [0.5, 0.6) is 0 Å². The Hall–Kier alpha value is -1.43. The van der Waals surface area contributed by atoms with Crippen LogP contribution in [0.1, 0.15) is 18.4 Å². The standard InChI is InChI=1S/C12H16N2O3S/c1-13(10-3-4-10)12-6-5-11(14(15)16)7-9(12)8-18(2)17/h5-7,10H,3-4,8H2,1-2H3. The predicted octanol–water partition coefficient (Wildman–Crippen LogP) is 2.07. The van der Waals surface area contributed by atoms with E-state index in [1.54, 1.807) is 12.3 Å². The molecule has 0 aromatic heterocycles. The van der Waals surface area contributed by atoms with Crippen molar-refractivity contribution in [1.82, 2.24) is 0 Å². The second-order valence-corrected chi connectivity index (χ2v) is 6.06. The van der Waals surface area contributed by atoms with Crippen molar-refractivity contribution in [3.8, 4) is 0 Å². The fourth-order valence-corrected chi connectivity index (χ4v) is 2.69. The van der Waals surface area contributed by atoms with Crippen molar-refractivity contribution in [2.45, 2.75) is 24.6 Å². The highest BCUT2D eigenvalue weighted by atomic mass is 32.2. The highest BCUT2D eigenvalue weighted by Crippen LogP contribution is 2.34. The minimum absolute atomic E-state index is 0.0587. The summed E-state index contributed by atoms with van der Waals surface area (Å²) >= 11 is 0. The molecule has 0 bridgehead atoms. The maximum absolute atomic E-state index is 11.4. The van der Waals surface area contributed by atoms with Gasteiger partial charge in [-0.2, -0.15) is 0 Å². The van der Waals surface area contributed by atoms with Crippen LogP contribution in [-0.2, 0) is 16.6 Å². The summed E-state index contributed by atoms with van der Waals surface area (Å²) < 4.78 is 11.4. The van der Waals surface area contributed by atoms with Gasteiger partial charge in [0, 0.05) is 48.0 Å². The van der Waals surface area contributed by atoms with Gasteiger partial charge in [0.25, 0.3) is 5.69 Å². The maximum Gasteiger partial charge on any atom is 0.269 e. The predicted molar refractivity (Wildman–Crippen MR) is 72.3 cm³/mol. The molecule has 1 atom stereocenters. The quantitative estimate of drug-likeness (QED) is 0.606. The largest absolute Gasteiger partial charge is 0.371 e. The van der Waals surface area contributed by atoms with E-state index >= 15 is 0 Å². The van der Waals surface area contributed by atoms with Gasteiger partial charge in [-0.05, 0) is 24.5 Å². The third-order valence-corrected chi connectivity index (χ3v) is 3.82. The van der Waals surface area contributed by atoms with E-state index in [-0.39, 0.29) is 5.69 Å². The van der Waals surface area contributed by atoms with Crippen molar-refractivity contribution in [1.29, 1.82) is 0 Å². The second-order valence-electron chi connectivity index (χ2n) is 4.63. The lowest BCUT2D eigenvalue weighted by Crippen LogP contribution is -2.21. The third-order valence-electron chi connectivity index (χ3n) is 3.11. The summed E-state index contributed by atoms with van der Waals surface area (Å²) in [5.41, 5.74) is 1.81. The number of nitro groups is 1. The first-order valence-corrected chi connectivity index (χ1v) is 7.52. The fraction of sp³-hybridized carbons (Fsp3) is 0.500. The summed E-state index contributed by atoms with van der Waals surface area (Å²) in [6.45, 7) is 0. The summed E-state index contributed by atoms with van der Waals surface area (Å²) in [5.74, 6) is 0.355. The zero-order valence-electron chi connectivity index (χ0n) is 10.5. The lowest BCUT2D eigenvalue weighted by atomic mass is 10.1. The molecule has 1 aromatic carbocycles. The SMILES string of the molecule is CN(c1ccc([N+](=O)[O-])cc1CS(C)=O)C1CC1. The fourth-order valence-electron chi connectivity index (χ4n) is 2.02. The van der Waals surface area contributed by atoms with Gasteiger partial charge in [-0.25, -0.2) is 0 Å². The van der Waals surface area contributed by atoms with Gasteiger partial charge in [-0.15, -0.1) is 0 Å². The Labute approximate surface area is 108 Å². The van der Waals surface area contributed by atoms with Crippen LogP contribution in [0.2, 0.25) is 0 Å². The molecule has 0 amide bonds. The molecule has 1 saturated carbocycles. The summed E-state index contributed by atoms with van der Waals surface area (Å²) in [7, 11) is 0.980. The molecule has 18 heavy (non-hydrogen) atoms. The third kappa shape index (κ3) is 2.87. The lowest BCUT2D eigenvalue weighted by Gasteiger charge is -2.21. The molecule has 1 fully saturated rings. The Morgan fingerprint density at radius 2 is 2.17 bits per heavy atom. The average molecular weight is 268 g/mol. The summed E-state index contributed by atoms with van der Waals surface area (Å²) in [6, 6.07) is 5.33. The minimum Gasteiger partial charge on any atom is -0.371 e. The van der Waals surface area contributed by atoms with E-state index in [1.165, 1.54) is 12.1 Å². The zero-order chi connectivity index (χ0) is 13.3. The molecular weight excluding hydrogens is 252 g/mol. The average Bonchev–Trinajstić information content (AvgIpc) is 3.10. The van der Waals surface area contributed by atoms with E-state index < -0.39 is 15.7 Å². The van der Waals surface area contributed by atoms with Gasteiger partial charge in [-0.3, -0.25) is 14.3 Å². The Morgan fingerprint density at radius 1 is 1.50 bits per heavy atom. The van der Waals surface area contributed by atoms with E-state index in [0.29, 0.717) is 11.8 Å². The van der Waals surface area contributed by atoms with Gasteiger partial charge < -0.3 is 4.90 Å². The summed E-state index contributed by atoms with van der Waals surface area (Å²) in [6.07, 6.45) is 3.92. The minimum atomic E-state index is -1.01. The highest BCUT2D eigenvalue weighted by molar-refractivity contribution is 7.83. The van der Waals surface area contributed by atoms with E-state index in [4.69, 9.17) is 0 Å². The van der Waals surface area contributed by atoms with Crippen molar-refractivity contribution in [2.24, 2.45) is 0 Å². The van der Waals surface area contributed by atoms with Gasteiger partial charge in [0.05, 0.1) is 10.7 Å². The molecule has 5 nitrogen and oxygen atoms in total. The van der Waals surface area contributed by atoms with E-state index in [9.17, 15) is 14.3 Å². The monoisotopic (exact) mass is 268 g/mol. The Morgan fingerprint density at radius 3 is 2.67 bits per heavy atom. The van der Waals surface area contributed by atoms with Crippen molar-refractivity contribution in [3.05, 3.63) is 33.9 Å². The van der Waals surface area contributed by atoms with E-state index in [0.717, 1.165) is 24.1 Å². The first-order valence-electron chi connectivity index (χ1n) is 5.79. The molecule has 2 rings (SSSR count). The van der Waals surface area contributed by atoms with Crippen LogP contribution in [0.4, 0.5) is 11.4 Å². The molecule has 1 unspecified atom stereocenters. The molecule has 0 radical (unpaired) electrons. The number of anilines is 1. The Bertz CT molecular complexity index is 500. The van der Waals surface area contributed by atoms with Gasteiger partial charge in [-0.1, -0.05) is 0 Å². The van der Waals surface area contributed by atoms with Gasteiger partial charge in [0.2, 0.25) is 0 Å². The van der Waals surface area contributed by atoms with Crippen LogP contribution in [0.25, 0.3) is 0 Å². The smallest absolute Gasteiger partial charge is 0.269 e. The van der Waals surface area contributed by atoms with Crippen LogP contribution in [0.15, 0.2) is 18.2 Å². The molecule has 1 aliphatic rings. The maximum atomic E-state index is 11.4. The van der Waals surface area contributed by atoms with Crippen molar-refractivity contribution in [2.75, 3.05) is 18.2 Å². The first-order chi connectivity index (χ1) is 8.49. The molecule has 1 aliphatic carbocycles. The molecule has 0 aliphatic heterocycles. The molecule has 0 heterocycles. The molecule has 6 heteroatoms. The Kier molecular flexibility index (Phi) is 3.65. The molecule has 98 valence electrons. The highest BCUT2D eigenvalue weighted by Gasteiger charge is 2.28. The zero-order valence-corrected chi connectivity index (χ0v) is 11.3. The molecule has 0 N–H and O–H groups in total. The lowest BCUT2D eigenvalue weighted by molar-refractivity contribution is -0.384. The molecule has 0 spiro atoms. The molecule has 0 saturated heterocycles. The van der Waals surface area contributed by atoms with Crippen LogP contribution in [0, 0.1) is 10.1 Å². The van der Waals surface area contributed by atoms with Crippen LogP contribution >= 0.6 is 0 Å². The number of non-ortho nitro benzene ring substituents is 1. The van der Waals surface area contributed by atoms with E-state index in [2.05, 4.69) is 4.90 Å². The summed E-state index contributed by atoms with van der Waals surface area (Å²) in [4.78, 5) is 12.5. The number of nitrogens with zero attached hydrogens (tertiary/aromatic N) is 2.